The van der Waals surface area contributed by atoms with Gasteiger partial charge in [0.25, 0.3) is 0 Å². The van der Waals surface area contributed by atoms with Crippen molar-refractivity contribution < 1.29 is 9.18 Å². The summed E-state index contributed by atoms with van der Waals surface area (Å²) in [7, 11) is 0. The van der Waals surface area contributed by atoms with Crippen LogP contribution in [0.3, 0.4) is 0 Å². The lowest BCUT2D eigenvalue weighted by molar-refractivity contribution is -0.116. The van der Waals surface area contributed by atoms with Crippen LogP contribution in [0.2, 0.25) is 0 Å². The van der Waals surface area contributed by atoms with Crippen molar-refractivity contribution in [3.05, 3.63) is 63.9 Å². The van der Waals surface area contributed by atoms with Gasteiger partial charge in [-0.25, -0.2) is 4.39 Å². The first-order valence-electron chi connectivity index (χ1n) is 6.96. The zero-order valence-corrected chi connectivity index (χ0v) is 13.0. The van der Waals surface area contributed by atoms with Gasteiger partial charge in [0.1, 0.15) is 5.82 Å². The van der Waals surface area contributed by atoms with Gasteiger partial charge >= 0.3 is 0 Å². The summed E-state index contributed by atoms with van der Waals surface area (Å²) in [6, 6.07) is 12.5. The first-order chi connectivity index (χ1) is 10.1. The number of aryl methyl sites for hydroxylation is 1. The summed E-state index contributed by atoms with van der Waals surface area (Å²) in [5.74, 6) is -0.0889. The maximum atomic E-state index is 13.0. The number of nitrogens with one attached hydrogen (secondary N) is 1. The summed E-state index contributed by atoms with van der Waals surface area (Å²) in [6.07, 6.45) is 2.51. The Morgan fingerprint density at radius 1 is 1.29 bits per heavy atom. The Labute approximate surface area is 131 Å². The highest BCUT2D eigenvalue weighted by Gasteiger charge is 2.24. The Morgan fingerprint density at radius 3 is 2.90 bits per heavy atom. The number of carbonyl (C=O) groups excluding carboxylic acids is 1. The van der Waals surface area contributed by atoms with Crippen LogP contribution in [0.15, 0.2) is 46.9 Å². The molecular formula is C17H15BrFNO. The van der Waals surface area contributed by atoms with Gasteiger partial charge in [0.2, 0.25) is 5.91 Å². The molecule has 1 N–H and O–H groups in total. The molecule has 0 radical (unpaired) electrons. The van der Waals surface area contributed by atoms with E-state index in [0.717, 1.165) is 12.8 Å². The van der Waals surface area contributed by atoms with Gasteiger partial charge in [0.05, 0.1) is 5.69 Å². The molecule has 0 aliphatic heterocycles. The van der Waals surface area contributed by atoms with Crippen LogP contribution < -0.4 is 5.32 Å². The highest BCUT2D eigenvalue weighted by molar-refractivity contribution is 9.10. The van der Waals surface area contributed by atoms with Crippen molar-refractivity contribution in [2.75, 3.05) is 5.32 Å². The van der Waals surface area contributed by atoms with Gasteiger partial charge in [0.15, 0.2) is 0 Å². The Bertz CT molecular complexity index is 686. The Balaban J connectivity index is 1.68. The molecule has 0 spiro atoms. The Hall–Kier alpha value is -1.68. The quantitative estimate of drug-likeness (QED) is 0.860. The second-order valence-corrected chi connectivity index (χ2v) is 6.17. The Morgan fingerprint density at radius 2 is 2.10 bits per heavy atom. The third-order valence-electron chi connectivity index (χ3n) is 3.89. The molecule has 1 atom stereocenters. The SMILES string of the molecule is O=C(CC1CCc2ccccc21)Nc1ccc(F)cc1Br. The van der Waals surface area contributed by atoms with Crippen LogP contribution in [0, 0.1) is 5.82 Å². The summed E-state index contributed by atoms with van der Waals surface area (Å²) in [6.45, 7) is 0. The van der Waals surface area contributed by atoms with E-state index in [2.05, 4.69) is 33.4 Å². The van der Waals surface area contributed by atoms with Gasteiger partial charge in [0, 0.05) is 10.9 Å². The molecule has 108 valence electrons. The lowest BCUT2D eigenvalue weighted by Crippen LogP contribution is -2.15. The summed E-state index contributed by atoms with van der Waals surface area (Å²) in [4.78, 5) is 12.2. The van der Waals surface area contributed by atoms with Crippen molar-refractivity contribution in [1.29, 1.82) is 0 Å². The molecule has 0 heterocycles. The van der Waals surface area contributed by atoms with E-state index >= 15 is 0 Å². The number of fused-ring (bicyclic) bond motifs is 1. The summed E-state index contributed by atoms with van der Waals surface area (Å²) >= 11 is 3.26. The average molecular weight is 348 g/mol. The molecule has 2 aromatic carbocycles. The molecule has 1 unspecified atom stereocenters. The second-order valence-electron chi connectivity index (χ2n) is 5.31. The van der Waals surface area contributed by atoms with E-state index in [-0.39, 0.29) is 17.6 Å². The van der Waals surface area contributed by atoms with E-state index in [1.165, 1.54) is 23.3 Å². The average Bonchev–Trinajstić information content (AvgIpc) is 2.85. The highest BCUT2D eigenvalue weighted by atomic mass is 79.9. The number of carbonyl (C=O) groups is 1. The van der Waals surface area contributed by atoms with Crippen LogP contribution in [0.5, 0.6) is 0 Å². The van der Waals surface area contributed by atoms with Crippen molar-refractivity contribution in [2.24, 2.45) is 0 Å². The molecule has 0 aromatic heterocycles. The molecule has 0 saturated heterocycles. The number of hydrogen-bond acceptors (Lipinski definition) is 1. The number of anilines is 1. The topological polar surface area (TPSA) is 29.1 Å². The number of halogens is 2. The third-order valence-corrected chi connectivity index (χ3v) is 4.55. The molecule has 0 bridgehead atoms. The molecule has 1 aliphatic rings. The fraction of sp³-hybridized carbons (Fsp3) is 0.235. The van der Waals surface area contributed by atoms with E-state index in [9.17, 15) is 9.18 Å². The number of hydrogen-bond donors (Lipinski definition) is 1. The molecule has 0 saturated carbocycles. The van der Waals surface area contributed by atoms with Gasteiger partial charge in [-0.3, -0.25) is 4.79 Å². The minimum Gasteiger partial charge on any atom is -0.325 e. The normalized spacial score (nSPS) is 16.6. The molecule has 21 heavy (non-hydrogen) atoms. The van der Waals surface area contributed by atoms with Crippen molar-refractivity contribution in [1.82, 2.24) is 0 Å². The fourth-order valence-electron chi connectivity index (χ4n) is 2.87. The first kappa shape index (κ1) is 14.3. The summed E-state index contributed by atoms with van der Waals surface area (Å²) < 4.78 is 13.6. The maximum absolute atomic E-state index is 13.0. The number of amides is 1. The van der Waals surface area contributed by atoms with Crippen LogP contribution in [0.1, 0.15) is 29.9 Å². The molecule has 2 nitrogen and oxygen atoms in total. The zero-order valence-electron chi connectivity index (χ0n) is 11.4. The van der Waals surface area contributed by atoms with Crippen LogP contribution in [-0.2, 0) is 11.2 Å². The maximum Gasteiger partial charge on any atom is 0.225 e. The van der Waals surface area contributed by atoms with Crippen molar-refractivity contribution in [3.8, 4) is 0 Å². The predicted molar refractivity (Wildman–Crippen MR) is 84.9 cm³/mol. The fourth-order valence-corrected chi connectivity index (χ4v) is 3.32. The minimum absolute atomic E-state index is 0.0380. The lowest BCUT2D eigenvalue weighted by Gasteiger charge is -2.12. The molecular weight excluding hydrogens is 333 g/mol. The molecule has 3 rings (SSSR count). The molecule has 4 heteroatoms. The van der Waals surface area contributed by atoms with E-state index in [1.54, 1.807) is 6.07 Å². The zero-order chi connectivity index (χ0) is 14.8. The van der Waals surface area contributed by atoms with Crippen molar-refractivity contribution >= 4 is 27.5 Å². The molecule has 1 amide bonds. The summed E-state index contributed by atoms with van der Waals surface area (Å²) in [5, 5.41) is 2.84. The van der Waals surface area contributed by atoms with Gasteiger partial charge in [-0.05, 0) is 64.0 Å². The lowest BCUT2D eigenvalue weighted by atomic mass is 9.97. The van der Waals surface area contributed by atoms with Gasteiger partial charge in [-0.15, -0.1) is 0 Å². The monoisotopic (exact) mass is 347 g/mol. The predicted octanol–water partition coefficient (Wildman–Crippen LogP) is 4.65. The largest absolute Gasteiger partial charge is 0.325 e. The van der Waals surface area contributed by atoms with Crippen molar-refractivity contribution in [2.45, 2.75) is 25.2 Å². The van der Waals surface area contributed by atoms with Crippen LogP contribution >= 0.6 is 15.9 Å². The van der Waals surface area contributed by atoms with Crippen molar-refractivity contribution in [3.63, 3.8) is 0 Å². The number of benzene rings is 2. The van der Waals surface area contributed by atoms with Crippen LogP contribution in [0.25, 0.3) is 0 Å². The second kappa shape index (κ2) is 5.98. The highest BCUT2D eigenvalue weighted by Crippen LogP contribution is 2.35. The number of rotatable bonds is 3. The molecule has 2 aromatic rings. The van der Waals surface area contributed by atoms with E-state index in [0.29, 0.717) is 16.6 Å². The van der Waals surface area contributed by atoms with E-state index in [1.807, 2.05) is 12.1 Å². The molecule has 1 aliphatic carbocycles. The van der Waals surface area contributed by atoms with Gasteiger partial charge in [-0.1, -0.05) is 24.3 Å². The summed E-state index contributed by atoms with van der Waals surface area (Å²) in [5.41, 5.74) is 3.23. The smallest absolute Gasteiger partial charge is 0.225 e. The first-order valence-corrected chi connectivity index (χ1v) is 7.75. The Kier molecular flexibility index (Phi) is 4.06. The standard InChI is InChI=1S/C17H15BrFNO/c18-15-10-13(19)7-8-16(15)20-17(21)9-12-6-5-11-3-1-2-4-14(11)12/h1-4,7-8,10,12H,5-6,9H2,(H,20,21). The molecule has 0 fully saturated rings. The van der Waals surface area contributed by atoms with E-state index < -0.39 is 0 Å². The van der Waals surface area contributed by atoms with Gasteiger partial charge in [-0.2, -0.15) is 0 Å². The minimum atomic E-state index is -0.329. The van der Waals surface area contributed by atoms with Crippen LogP contribution in [0.4, 0.5) is 10.1 Å². The van der Waals surface area contributed by atoms with Gasteiger partial charge < -0.3 is 5.32 Å². The van der Waals surface area contributed by atoms with Crippen LogP contribution in [-0.4, -0.2) is 5.91 Å². The third kappa shape index (κ3) is 3.16. The van der Waals surface area contributed by atoms with E-state index in [4.69, 9.17) is 0 Å².